The van der Waals surface area contributed by atoms with Crippen LogP contribution in [0.25, 0.3) is 5.65 Å². The van der Waals surface area contributed by atoms with E-state index in [1.165, 1.54) is 9.08 Å². The largest absolute Gasteiger partial charge is 0.481 e. The molecule has 1 N–H and O–H groups in total. The van der Waals surface area contributed by atoms with Gasteiger partial charge in [-0.05, 0) is 37.8 Å². The van der Waals surface area contributed by atoms with Gasteiger partial charge < -0.3 is 10.0 Å². The highest BCUT2D eigenvalue weighted by Crippen LogP contribution is 2.21. The number of carboxylic acid groups (broad SMARTS) is 1. The second-order valence-corrected chi connectivity index (χ2v) is 6.04. The van der Waals surface area contributed by atoms with Gasteiger partial charge in [-0.3, -0.25) is 14.0 Å². The predicted molar refractivity (Wildman–Crippen MR) is 85.7 cm³/mol. The summed E-state index contributed by atoms with van der Waals surface area (Å²) in [5, 5.41) is 13.0. The Balaban J connectivity index is 1.75. The van der Waals surface area contributed by atoms with Gasteiger partial charge in [0.25, 0.3) is 0 Å². The lowest BCUT2D eigenvalue weighted by Crippen LogP contribution is -2.46. The SMILES string of the molecule is O=C(O)CC[C@@H]1CCCCN1C(=O)Cn1nc2ccccn2c1=O. The number of carboxylic acids is 1. The quantitative estimate of drug-likeness (QED) is 0.871. The number of likely N-dealkylation sites (tertiary alicyclic amines) is 1. The lowest BCUT2D eigenvalue weighted by molar-refractivity contribution is -0.140. The van der Waals surface area contributed by atoms with Gasteiger partial charge in [0.15, 0.2) is 5.65 Å². The Morgan fingerprint density at radius 1 is 1.29 bits per heavy atom. The maximum atomic E-state index is 12.6. The van der Waals surface area contributed by atoms with Crippen LogP contribution in [0.4, 0.5) is 0 Å². The number of hydrogen-bond acceptors (Lipinski definition) is 4. The smallest absolute Gasteiger partial charge is 0.350 e. The molecule has 128 valence electrons. The molecule has 3 rings (SSSR count). The summed E-state index contributed by atoms with van der Waals surface area (Å²) in [6.07, 6.45) is 4.79. The van der Waals surface area contributed by atoms with Crippen molar-refractivity contribution < 1.29 is 14.7 Å². The third kappa shape index (κ3) is 3.32. The molecule has 1 saturated heterocycles. The van der Waals surface area contributed by atoms with Gasteiger partial charge in [0.1, 0.15) is 6.54 Å². The first-order valence-electron chi connectivity index (χ1n) is 8.12. The molecular formula is C16H20N4O4. The zero-order chi connectivity index (χ0) is 17.1. The van der Waals surface area contributed by atoms with Crippen molar-refractivity contribution in [1.29, 1.82) is 0 Å². The second kappa shape index (κ2) is 6.86. The van der Waals surface area contributed by atoms with E-state index in [2.05, 4.69) is 5.10 Å². The maximum absolute atomic E-state index is 12.6. The van der Waals surface area contributed by atoms with Crippen LogP contribution in [-0.2, 0) is 16.1 Å². The number of hydrogen-bond donors (Lipinski definition) is 1. The van der Waals surface area contributed by atoms with Crippen LogP contribution in [0.15, 0.2) is 29.2 Å². The Morgan fingerprint density at radius 2 is 2.12 bits per heavy atom. The number of aromatic nitrogens is 3. The molecule has 1 atom stereocenters. The van der Waals surface area contributed by atoms with Crippen LogP contribution in [0.2, 0.25) is 0 Å². The number of pyridine rings is 1. The van der Waals surface area contributed by atoms with E-state index in [0.29, 0.717) is 18.6 Å². The molecule has 0 aromatic carbocycles. The summed E-state index contributed by atoms with van der Waals surface area (Å²) in [6, 6.07) is 5.14. The molecule has 2 aromatic heterocycles. The Labute approximate surface area is 138 Å². The normalized spacial score (nSPS) is 18.0. The van der Waals surface area contributed by atoms with Gasteiger partial charge in [-0.2, -0.15) is 0 Å². The summed E-state index contributed by atoms with van der Waals surface area (Å²) >= 11 is 0. The van der Waals surface area contributed by atoms with Crippen molar-refractivity contribution in [2.75, 3.05) is 6.54 Å². The Morgan fingerprint density at radius 3 is 2.88 bits per heavy atom. The molecule has 0 spiro atoms. The van der Waals surface area contributed by atoms with E-state index in [1.54, 1.807) is 29.3 Å². The summed E-state index contributed by atoms with van der Waals surface area (Å²) in [4.78, 5) is 37.4. The van der Waals surface area contributed by atoms with E-state index in [1.807, 2.05) is 0 Å². The highest BCUT2D eigenvalue weighted by Gasteiger charge is 2.27. The molecule has 1 amide bonds. The number of aliphatic carboxylic acids is 1. The van der Waals surface area contributed by atoms with E-state index < -0.39 is 5.97 Å². The van der Waals surface area contributed by atoms with Crippen molar-refractivity contribution in [3.05, 3.63) is 34.9 Å². The predicted octanol–water partition coefficient (Wildman–Crippen LogP) is 0.742. The molecule has 8 heteroatoms. The van der Waals surface area contributed by atoms with E-state index in [4.69, 9.17) is 5.11 Å². The summed E-state index contributed by atoms with van der Waals surface area (Å²) < 4.78 is 2.56. The first-order chi connectivity index (χ1) is 11.6. The molecule has 1 fully saturated rings. The number of carbonyl (C=O) groups excluding carboxylic acids is 1. The highest BCUT2D eigenvalue weighted by molar-refractivity contribution is 5.76. The van der Waals surface area contributed by atoms with E-state index >= 15 is 0 Å². The zero-order valence-corrected chi connectivity index (χ0v) is 13.3. The molecule has 1 aliphatic heterocycles. The summed E-state index contributed by atoms with van der Waals surface area (Å²) in [5.74, 6) is -1.04. The first-order valence-corrected chi connectivity index (χ1v) is 8.12. The number of rotatable bonds is 5. The van der Waals surface area contributed by atoms with Gasteiger partial charge in [-0.15, -0.1) is 5.10 Å². The fourth-order valence-electron chi connectivity index (χ4n) is 3.21. The third-order valence-corrected chi connectivity index (χ3v) is 4.41. The monoisotopic (exact) mass is 332 g/mol. The molecule has 1 aliphatic rings. The van der Waals surface area contributed by atoms with E-state index in [-0.39, 0.29) is 30.6 Å². The molecule has 8 nitrogen and oxygen atoms in total. The van der Waals surface area contributed by atoms with Crippen LogP contribution in [0.1, 0.15) is 32.1 Å². The van der Waals surface area contributed by atoms with Crippen molar-refractivity contribution in [3.63, 3.8) is 0 Å². The van der Waals surface area contributed by atoms with Gasteiger partial charge in [0.05, 0.1) is 0 Å². The van der Waals surface area contributed by atoms with Crippen LogP contribution in [0.5, 0.6) is 0 Å². The van der Waals surface area contributed by atoms with Gasteiger partial charge in [-0.25, -0.2) is 9.48 Å². The average Bonchev–Trinajstić information content (AvgIpc) is 2.89. The molecule has 0 aliphatic carbocycles. The molecule has 0 bridgehead atoms. The molecule has 0 unspecified atom stereocenters. The van der Waals surface area contributed by atoms with Crippen LogP contribution in [-0.4, -0.2) is 48.7 Å². The standard InChI is InChI=1S/C16H20N4O4/c21-14(18-9-3-1-5-12(18)7-8-15(22)23)11-20-16(24)19-10-4-2-6-13(19)17-20/h2,4,6,10,12H,1,3,5,7-9,11H2,(H,22,23)/t12-/m0/s1. The molecule has 2 aromatic rings. The lowest BCUT2D eigenvalue weighted by Gasteiger charge is -2.35. The minimum atomic E-state index is -0.857. The summed E-state index contributed by atoms with van der Waals surface area (Å²) in [6.45, 7) is 0.481. The number of amides is 1. The third-order valence-electron chi connectivity index (χ3n) is 4.41. The summed E-state index contributed by atoms with van der Waals surface area (Å²) in [5.41, 5.74) is 0.148. The minimum Gasteiger partial charge on any atom is -0.481 e. The first kappa shape index (κ1) is 16.2. The van der Waals surface area contributed by atoms with Crippen molar-refractivity contribution in [1.82, 2.24) is 19.1 Å². The van der Waals surface area contributed by atoms with E-state index in [0.717, 1.165) is 19.3 Å². The van der Waals surface area contributed by atoms with Crippen LogP contribution in [0, 0.1) is 0 Å². The fourth-order valence-corrected chi connectivity index (χ4v) is 3.21. The Hall–Kier alpha value is -2.64. The van der Waals surface area contributed by atoms with Crippen molar-refractivity contribution >= 4 is 17.5 Å². The van der Waals surface area contributed by atoms with Gasteiger partial charge in [0, 0.05) is 25.2 Å². The van der Waals surface area contributed by atoms with E-state index in [9.17, 15) is 14.4 Å². The zero-order valence-electron chi connectivity index (χ0n) is 13.3. The van der Waals surface area contributed by atoms with Gasteiger partial charge in [0.2, 0.25) is 5.91 Å². The van der Waals surface area contributed by atoms with Gasteiger partial charge >= 0.3 is 11.7 Å². The minimum absolute atomic E-state index is 0.0444. The second-order valence-electron chi connectivity index (χ2n) is 6.04. The summed E-state index contributed by atoms with van der Waals surface area (Å²) in [7, 11) is 0. The lowest BCUT2D eigenvalue weighted by atomic mass is 9.98. The van der Waals surface area contributed by atoms with Gasteiger partial charge in [-0.1, -0.05) is 6.07 Å². The van der Waals surface area contributed by atoms with Crippen LogP contribution < -0.4 is 5.69 Å². The topological polar surface area (TPSA) is 96.9 Å². The van der Waals surface area contributed by atoms with Crippen molar-refractivity contribution in [2.45, 2.75) is 44.7 Å². The van der Waals surface area contributed by atoms with Crippen molar-refractivity contribution in [2.24, 2.45) is 0 Å². The fraction of sp³-hybridized carbons (Fsp3) is 0.500. The van der Waals surface area contributed by atoms with Crippen molar-refractivity contribution in [3.8, 4) is 0 Å². The number of fused-ring (bicyclic) bond motifs is 1. The number of piperidine rings is 1. The molecular weight excluding hydrogens is 312 g/mol. The maximum Gasteiger partial charge on any atom is 0.350 e. The molecule has 0 saturated carbocycles. The Kier molecular flexibility index (Phi) is 4.64. The van der Waals surface area contributed by atoms with Crippen LogP contribution >= 0.6 is 0 Å². The molecule has 0 radical (unpaired) electrons. The number of carbonyl (C=O) groups is 2. The van der Waals surface area contributed by atoms with Crippen LogP contribution in [0.3, 0.4) is 0 Å². The highest BCUT2D eigenvalue weighted by atomic mass is 16.4. The molecule has 3 heterocycles. The Bertz CT molecular complexity index is 810. The molecule has 24 heavy (non-hydrogen) atoms. The average molecular weight is 332 g/mol. The number of nitrogens with zero attached hydrogens (tertiary/aromatic N) is 4.